The van der Waals surface area contributed by atoms with E-state index in [9.17, 15) is 0 Å². The maximum Gasteiger partial charge on any atom is 0.0623 e. The van der Waals surface area contributed by atoms with E-state index < -0.39 is 0 Å². The minimum absolute atomic E-state index is 0.495. The zero-order valence-electron chi connectivity index (χ0n) is 9.10. The molecule has 0 aromatic heterocycles. The van der Waals surface area contributed by atoms with E-state index in [0.29, 0.717) is 6.04 Å². The minimum Gasteiger partial charge on any atom is -0.379 e. The van der Waals surface area contributed by atoms with Crippen molar-refractivity contribution in [1.82, 2.24) is 5.32 Å². The van der Waals surface area contributed by atoms with Crippen molar-refractivity contribution in [2.45, 2.75) is 32.7 Å². The van der Waals surface area contributed by atoms with E-state index in [2.05, 4.69) is 30.2 Å². The fraction of sp³-hybridized carbons (Fsp3) is 0.667. The first kappa shape index (κ1) is 11.3. The number of hydrogen-bond donors (Lipinski definition) is 1. The molecule has 1 atom stereocenters. The van der Waals surface area contributed by atoms with E-state index in [-0.39, 0.29) is 0 Å². The summed E-state index contributed by atoms with van der Waals surface area (Å²) in [5, 5.41) is 3.44. The van der Waals surface area contributed by atoms with Crippen molar-refractivity contribution in [2.24, 2.45) is 0 Å². The highest BCUT2D eigenvalue weighted by Gasteiger charge is 2.12. The number of nitrogens with one attached hydrogen (secondary N) is 1. The molecule has 1 N–H and O–H groups in total. The van der Waals surface area contributed by atoms with Gasteiger partial charge < -0.3 is 10.1 Å². The van der Waals surface area contributed by atoms with Crippen molar-refractivity contribution in [2.75, 3.05) is 19.8 Å². The Labute approximate surface area is 86.7 Å². The molecule has 0 aromatic carbocycles. The van der Waals surface area contributed by atoms with Crippen LogP contribution in [0.4, 0.5) is 0 Å². The second-order valence-corrected chi connectivity index (χ2v) is 3.61. The van der Waals surface area contributed by atoms with Gasteiger partial charge in [0.15, 0.2) is 0 Å². The zero-order chi connectivity index (χ0) is 10.2. The first-order chi connectivity index (χ1) is 6.83. The first-order valence-electron chi connectivity index (χ1n) is 5.19. The zero-order valence-corrected chi connectivity index (χ0v) is 9.10. The predicted octanol–water partition coefficient (Wildman–Crippen LogP) is 1.72. The number of ether oxygens (including phenoxy) is 1. The summed E-state index contributed by atoms with van der Waals surface area (Å²) < 4.78 is 5.39. The molecule has 1 fully saturated rings. The van der Waals surface area contributed by atoms with Gasteiger partial charge in [-0.2, -0.15) is 0 Å². The number of rotatable bonds is 3. The summed E-state index contributed by atoms with van der Waals surface area (Å²) in [6.45, 7) is 6.70. The van der Waals surface area contributed by atoms with Gasteiger partial charge in [-0.3, -0.25) is 0 Å². The van der Waals surface area contributed by atoms with Crippen LogP contribution < -0.4 is 5.32 Å². The van der Waals surface area contributed by atoms with Gasteiger partial charge in [0.2, 0.25) is 0 Å². The van der Waals surface area contributed by atoms with Gasteiger partial charge in [-0.1, -0.05) is 17.6 Å². The highest BCUT2D eigenvalue weighted by molar-refractivity contribution is 5.08. The fourth-order valence-corrected chi connectivity index (χ4v) is 1.55. The molecule has 1 heterocycles. The second-order valence-electron chi connectivity index (χ2n) is 3.61. The molecule has 0 spiro atoms. The molecule has 1 aliphatic heterocycles. The van der Waals surface area contributed by atoms with Gasteiger partial charge >= 0.3 is 0 Å². The van der Waals surface area contributed by atoms with Crippen molar-refractivity contribution in [3.8, 4) is 11.8 Å². The third kappa shape index (κ3) is 4.45. The van der Waals surface area contributed by atoms with Crippen molar-refractivity contribution in [3.63, 3.8) is 0 Å². The Morgan fingerprint density at radius 3 is 3.14 bits per heavy atom. The molecule has 1 unspecified atom stereocenters. The molecule has 78 valence electrons. The van der Waals surface area contributed by atoms with Crippen LogP contribution in [0.1, 0.15) is 26.7 Å². The van der Waals surface area contributed by atoms with E-state index in [4.69, 9.17) is 4.74 Å². The van der Waals surface area contributed by atoms with Crippen LogP contribution in [0.5, 0.6) is 0 Å². The predicted molar refractivity (Wildman–Crippen MR) is 59.1 cm³/mol. The van der Waals surface area contributed by atoms with E-state index in [0.717, 1.165) is 32.6 Å². The summed E-state index contributed by atoms with van der Waals surface area (Å²) in [4.78, 5) is 0. The summed E-state index contributed by atoms with van der Waals surface area (Å²) in [5.41, 5.74) is 1.40. The molecular weight excluding hydrogens is 174 g/mol. The average molecular weight is 193 g/mol. The van der Waals surface area contributed by atoms with E-state index in [1.54, 1.807) is 0 Å². The smallest absolute Gasteiger partial charge is 0.0623 e. The van der Waals surface area contributed by atoms with Crippen LogP contribution in [0, 0.1) is 11.8 Å². The van der Waals surface area contributed by atoms with Gasteiger partial charge in [-0.05, 0) is 20.3 Å². The molecule has 0 radical (unpaired) electrons. The van der Waals surface area contributed by atoms with Crippen LogP contribution in [0.2, 0.25) is 0 Å². The quantitative estimate of drug-likeness (QED) is 0.544. The topological polar surface area (TPSA) is 21.3 Å². The van der Waals surface area contributed by atoms with E-state index in [1.165, 1.54) is 5.57 Å². The van der Waals surface area contributed by atoms with Crippen molar-refractivity contribution in [3.05, 3.63) is 11.6 Å². The summed E-state index contributed by atoms with van der Waals surface area (Å²) in [7, 11) is 0. The minimum atomic E-state index is 0.495. The normalized spacial score (nSPS) is 22.7. The van der Waals surface area contributed by atoms with Gasteiger partial charge in [0.25, 0.3) is 0 Å². The standard InChI is InChI=1S/C12H19NO/c1-3-4-5-6-11(2)9-12-10-14-8-7-13-12/h6,12-13H,5,7-10H2,1-2H3/b11-6-. The summed E-state index contributed by atoms with van der Waals surface area (Å²) in [6, 6.07) is 0.495. The Kier molecular flexibility index (Phi) is 5.36. The molecular formula is C12H19NO. The fourth-order valence-electron chi connectivity index (χ4n) is 1.55. The second kappa shape index (κ2) is 6.64. The van der Waals surface area contributed by atoms with Crippen LogP contribution in [0.3, 0.4) is 0 Å². The average Bonchev–Trinajstić information content (AvgIpc) is 2.20. The highest BCUT2D eigenvalue weighted by Crippen LogP contribution is 2.08. The lowest BCUT2D eigenvalue weighted by Gasteiger charge is -2.23. The summed E-state index contributed by atoms with van der Waals surface area (Å²) in [6.07, 6.45) is 4.15. The van der Waals surface area contributed by atoms with Crippen LogP contribution in [0.25, 0.3) is 0 Å². The van der Waals surface area contributed by atoms with E-state index >= 15 is 0 Å². The van der Waals surface area contributed by atoms with Crippen LogP contribution in [0.15, 0.2) is 11.6 Å². The van der Waals surface area contributed by atoms with Gasteiger partial charge in [0, 0.05) is 19.0 Å². The highest BCUT2D eigenvalue weighted by atomic mass is 16.5. The number of hydrogen-bond acceptors (Lipinski definition) is 2. The Morgan fingerprint density at radius 1 is 1.64 bits per heavy atom. The molecule has 2 nitrogen and oxygen atoms in total. The number of allylic oxidation sites excluding steroid dienone is 1. The SMILES string of the molecule is CC#CC/C=C(/C)CC1COCCN1. The van der Waals surface area contributed by atoms with Gasteiger partial charge in [-0.15, -0.1) is 5.92 Å². The van der Waals surface area contributed by atoms with Crippen molar-refractivity contribution in [1.29, 1.82) is 0 Å². The van der Waals surface area contributed by atoms with Gasteiger partial charge in [-0.25, -0.2) is 0 Å². The molecule has 1 rings (SSSR count). The maximum atomic E-state index is 5.39. The monoisotopic (exact) mass is 193 g/mol. The van der Waals surface area contributed by atoms with Gasteiger partial charge in [0.05, 0.1) is 13.2 Å². The Bertz CT molecular complexity index is 241. The first-order valence-corrected chi connectivity index (χ1v) is 5.19. The molecule has 0 saturated carbocycles. The van der Waals surface area contributed by atoms with Crippen LogP contribution in [-0.2, 0) is 4.74 Å². The summed E-state index contributed by atoms with van der Waals surface area (Å²) >= 11 is 0. The largest absolute Gasteiger partial charge is 0.379 e. The Hall–Kier alpha value is -0.780. The van der Waals surface area contributed by atoms with Crippen molar-refractivity contribution < 1.29 is 4.74 Å². The lowest BCUT2D eigenvalue weighted by Crippen LogP contribution is -2.41. The molecule has 0 amide bonds. The molecule has 0 aromatic rings. The molecule has 1 aliphatic rings. The van der Waals surface area contributed by atoms with Crippen LogP contribution in [-0.4, -0.2) is 25.8 Å². The maximum absolute atomic E-state index is 5.39. The molecule has 0 bridgehead atoms. The molecule has 2 heteroatoms. The summed E-state index contributed by atoms with van der Waals surface area (Å²) in [5.74, 6) is 5.93. The Morgan fingerprint density at radius 2 is 2.50 bits per heavy atom. The van der Waals surface area contributed by atoms with Crippen LogP contribution >= 0.6 is 0 Å². The lowest BCUT2D eigenvalue weighted by molar-refractivity contribution is 0.0770. The number of morpholine rings is 1. The third-order valence-corrected chi connectivity index (χ3v) is 2.30. The molecule has 0 aliphatic carbocycles. The van der Waals surface area contributed by atoms with Gasteiger partial charge in [0.1, 0.15) is 0 Å². The third-order valence-electron chi connectivity index (χ3n) is 2.30. The lowest BCUT2D eigenvalue weighted by atomic mass is 10.1. The molecule has 14 heavy (non-hydrogen) atoms. The molecule has 1 saturated heterocycles. The van der Waals surface area contributed by atoms with Crippen molar-refractivity contribution >= 4 is 0 Å². The Balaban J connectivity index is 2.26. The van der Waals surface area contributed by atoms with E-state index in [1.807, 2.05) is 6.92 Å².